The van der Waals surface area contributed by atoms with Crippen LogP contribution in [0.4, 0.5) is 0 Å². The van der Waals surface area contributed by atoms with Crippen LogP contribution in [0.5, 0.6) is 0 Å². The molecule has 2 aromatic carbocycles. The molecule has 1 atom stereocenters. The summed E-state index contributed by atoms with van der Waals surface area (Å²) in [5.74, 6) is -1.37. The van der Waals surface area contributed by atoms with E-state index in [1.54, 1.807) is 24.3 Å². The Morgan fingerprint density at radius 2 is 1.77 bits per heavy atom. The largest absolute Gasteiger partial charge is 0.450 e. The average Bonchev–Trinajstić information content (AvgIpc) is 2.75. The summed E-state index contributed by atoms with van der Waals surface area (Å²) in [5, 5.41) is 3.29. The molecule has 3 rings (SSSR count). The zero-order valence-corrected chi connectivity index (χ0v) is 17.3. The van der Waals surface area contributed by atoms with Gasteiger partial charge in [-0.2, -0.15) is 0 Å². The smallest absolute Gasteiger partial charge is 0.374 e. The van der Waals surface area contributed by atoms with Crippen LogP contribution < -0.4 is 10.7 Å². The highest BCUT2D eigenvalue weighted by Gasteiger charge is 2.20. The molecule has 0 aliphatic carbocycles. The fourth-order valence-corrected chi connectivity index (χ4v) is 3.22. The Balaban J connectivity index is 1.65. The lowest BCUT2D eigenvalue weighted by Gasteiger charge is -2.23. The van der Waals surface area contributed by atoms with Crippen LogP contribution in [0.2, 0.25) is 0 Å². The van der Waals surface area contributed by atoms with Crippen molar-refractivity contribution in [2.45, 2.75) is 33.2 Å². The van der Waals surface area contributed by atoms with Gasteiger partial charge in [0.25, 0.3) is 5.91 Å². The maximum absolute atomic E-state index is 12.4. The third-order valence-electron chi connectivity index (χ3n) is 4.90. The highest BCUT2D eigenvalue weighted by molar-refractivity contribution is 5.90. The zero-order chi connectivity index (χ0) is 21.7. The van der Waals surface area contributed by atoms with Crippen LogP contribution >= 0.6 is 0 Å². The van der Waals surface area contributed by atoms with E-state index in [4.69, 9.17) is 9.15 Å². The SMILES string of the molecule is CCc1ccc([C@@H](NC(=O)COC(=O)c2cc(=O)c3ccccc3o2)C(C)C)cc1. The topological polar surface area (TPSA) is 85.6 Å². The number of esters is 1. The molecule has 156 valence electrons. The number of nitrogens with one attached hydrogen (secondary N) is 1. The number of carbonyl (C=O) groups excluding carboxylic acids is 2. The van der Waals surface area contributed by atoms with E-state index in [2.05, 4.69) is 12.2 Å². The van der Waals surface area contributed by atoms with Crippen molar-refractivity contribution in [1.82, 2.24) is 5.32 Å². The van der Waals surface area contributed by atoms with Gasteiger partial charge >= 0.3 is 5.97 Å². The number of amides is 1. The third-order valence-corrected chi connectivity index (χ3v) is 4.90. The van der Waals surface area contributed by atoms with Gasteiger partial charge in [-0.15, -0.1) is 0 Å². The molecule has 0 bridgehead atoms. The average molecular weight is 407 g/mol. The van der Waals surface area contributed by atoms with Crippen molar-refractivity contribution < 1.29 is 18.7 Å². The number of ether oxygens (including phenoxy) is 1. The van der Waals surface area contributed by atoms with Crippen molar-refractivity contribution in [3.63, 3.8) is 0 Å². The molecule has 0 unspecified atom stereocenters. The minimum atomic E-state index is -0.860. The van der Waals surface area contributed by atoms with E-state index in [9.17, 15) is 14.4 Å². The first-order chi connectivity index (χ1) is 14.4. The normalized spacial score (nSPS) is 12.0. The van der Waals surface area contributed by atoms with Crippen molar-refractivity contribution in [3.05, 3.63) is 81.7 Å². The van der Waals surface area contributed by atoms with Crippen LogP contribution in [-0.2, 0) is 16.0 Å². The summed E-state index contributed by atoms with van der Waals surface area (Å²) in [6.45, 7) is 5.64. The predicted octanol–water partition coefficient (Wildman–Crippen LogP) is 4.03. The molecule has 1 aromatic heterocycles. The highest BCUT2D eigenvalue weighted by Crippen LogP contribution is 2.22. The second kappa shape index (κ2) is 9.39. The lowest BCUT2D eigenvalue weighted by Crippen LogP contribution is -2.35. The first kappa shape index (κ1) is 21.3. The molecule has 3 aromatic rings. The van der Waals surface area contributed by atoms with Crippen LogP contribution in [0, 0.1) is 5.92 Å². The summed E-state index contributed by atoms with van der Waals surface area (Å²) in [6, 6.07) is 15.6. The summed E-state index contributed by atoms with van der Waals surface area (Å²) in [6.07, 6.45) is 0.944. The summed E-state index contributed by atoms with van der Waals surface area (Å²) in [7, 11) is 0. The molecule has 1 heterocycles. The molecular weight excluding hydrogens is 382 g/mol. The first-order valence-corrected chi connectivity index (χ1v) is 9.97. The molecule has 1 amide bonds. The van der Waals surface area contributed by atoms with Crippen LogP contribution in [-0.4, -0.2) is 18.5 Å². The quantitative estimate of drug-likeness (QED) is 0.598. The monoisotopic (exact) mass is 407 g/mol. The van der Waals surface area contributed by atoms with E-state index in [0.29, 0.717) is 5.39 Å². The van der Waals surface area contributed by atoms with Gasteiger partial charge in [0.2, 0.25) is 5.76 Å². The summed E-state index contributed by atoms with van der Waals surface area (Å²) in [5.41, 5.74) is 2.15. The van der Waals surface area contributed by atoms with Crippen molar-refractivity contribution in [3.8, 4) is 0 Å². The predicted molar refractivity (Wildman–Crippen MR) is 114 cm³/mol. The van der Waals surface area contributed by atoms with Gasteiger partial charge in [0.1, 0.15) is 5.58 Å². The molecule has 30 heavy (non-hydrogen) atoms. The number of fused-ring (bicyclic) bond motifs is 1. The van der Waals surface area contributed by atoms with Crippen molar-refractivity contribution in [2.24, 2.45) is 5.92 Å². The lowest BCUT2D eigenvalue weighted by molar-refractivity contribution is -0.125. The fourth-order valence-electron chi connectivity index (χ4n) is 3.22. The standard InChI is InChI=1S/C24H25NO5/c1-4-16-9-11-17(12-10-16)23(15(2)3)25-22(27)14-29-24(28)21-13-19(26)18-7-5-6-8-20(18)30-21/h5-13,15,23H,4,14H2,1-3H3,(H,25,27)/t23-/m0/s1. The van der Waals surface area contributed by atoms with Crippen LogP contribution in [0.1, 0.15) is 48.5 Å². The molecule has 0 aliphatic rings. The number of hydrogen-bond donors (Lipinski definition) is 1. The Morgan fingerprint density at radius 1 is 1.07 bits per heavy atom. The first-order valence-electron chi connectivity index (χ1n) is 9.97. The van der Waals surface area contributed by atoms with Crippen molar-refractivity contribution >= 4 is 22.8 Å². The van der Waals surface area contributed by atoms with Gasteiger partial charge in [0.05, 0.1) is 11.4 Å². The second-order valence-corrected chi connectivity index (χ2v) is 7.43. The van der Waals surface area contributed by atoms with Crippen molar-refractivity contribution in [2.75, 3.05) is 6.61 Å². The Hall–Kier alpha value is -3.41. The van der Waals surface area contributed by atoms with Gasteiger partial charge in [-0.3, -0.25) is 9.59 Å². The van der Waals surface area contributed by atoms with Gasteiger partial charge in [0.15, 0.2) is 12.0 Å². The lowest BCUT2D eigenvalue weighted by atomic mass is 9.95. The zero-order valence-electron chi connectivity index (χ0n) is 17.3. The molecule has 0 saturated heterocycles. The van der Waals surface area contributed by atoms with E-state index in [1.807, 2.05) is 38.1 Å². The van der Waals surface area contributed by atoms with E-state index in [0.717, 1.165) is 18.1 Å². The molecule has 6 nitrogen and oxygen atoms in total. The van der Waals surface area contributed by atoms with E-state index < -0.39 is 18.5 Å². The molecule has 0 aliphatic heterocycles. The minimum Gasteiger partial charge on any atom is -0.450 e. The number of rotatable bonds is 7. The highest BCUT2D eigenvalue weighted by atomic mass is 16.5. The molecular formula is C24H25NO5. The molecule has 0 radical (unpaired) electrons. The Bertz CT molecular complexity index is 1100. The van der Waals surface area contributed by atoms with E-state index >= 15 is 0 Å². The summed E-state index contributed by atoms with van der Waals surface area (Å²) >= 11 is 0. The molecule has 6 heteroatoms. The van der Waals surface area contributed by atoms with Crippen LogP contribution in [0.3, 0.4) is 0 Å². The summed E-state index contributed by atoms with van der Waals surface area (Å²) < 4.78 is 10.5. The number of para-hydroxylation sites is 1. The Kier molecular flexibility index (Phi) is 6.67. The van der Waals surface area contributed by atoms with Gasteiger partial charge < -0.3 is 14.5 Å². The maximum atomic E-state index is 12.4. The second-order valence-electron chi connectivity index (χ2n) is 7.43. The van der Waals surface area contributed by atoms with E-state index in [1.165, 1.54) is 5.56 Å². The molecule has 0 spiro atoms. The van der Waals surface area contributed by atoms with E-state index in [-0.39, 0.29) is 28.7 Å². The fraction of sp³-hybridized carbons (Fsp3) is 0.292. The Labute approximate surface area is 174 Å². The van der Waals surface area contributed by atoms with Crippen LogP contribution in [0.25, 0.3) is 11.0 Å². The number of benzene rings is 2. The molecule has 0 fully saturated rings. The maximum Gasteiger partial charge on any atom is 0.374 e. The van der Waals surface area contributed by atoms with Gasteiger partial charge in [0, 0.05) is 6.07 Å². The van der Waals surface area contributed by atoms with Crippen LogP contribution in [0.15, 0.2) is 63.8 Å². The Morgan fingerprint density at radius 3 is 2.43 bits per heavy atom. The van der Waals surface area contributed by atoms with Crippen molar-refractivity contribution in [1.29, 1.82) is 0 Å². The van der Waals surface area contributed by atoms with Gasteiger partial charge in [-0.05, 0) is 35.6 Å². The number of aryl methyl sites for hydroxylation is 1. The number of hydrogen-bond acceptors (Lipinski definition) is 5. The molecule has 1 N–H and O–H groups in total. The third kappa shape index (κ3) is 4.95. The van der Waals surface area contributed by atoms with Gasteiger partial charge in [-0.25, -0.2) is 4.79 Å². The molecule has 0 saturated carbocycles. The summed E-state index contributed by atoms with van der Waals surface area (Å²) in [4.78, 5) is 36.8. The number of carbonyl (C=O) groups is 2. The van der Waals surface area contributed by atoms with Gasteiger partial charge in [-0.1, -0.05) is 57.2 Å². The minimum absolute atomic E-state index is 0.149.